The molecule has 0 atom stereocenters. The molecule has 0 saturated heterocycles. The predicted octanol–water partition coefficient (Wildman–Crippen LogP) is 4.41. The van der Waals surface area contributed by atoms with Crippen LogP contribution < -0.4 is 11.1 Å². The van der Waals surface area contributed by atoms with Crippen LogP contribution in [0.4, 0.5) is 11.4 Å². The summed E-state index contributed by atoms with van der Waals surface area (Å²) in [5, 5.41) is 4.97. The molecule has 2 heterocycles. The number of hydrogen-bond acceptors (Lipinski definition) is 4. The maximum Gasteiger partial charge on any atom is 0.265 e. The Bertz CT molecular complexity index is 773. The highest BCUT2D eigenvalue weighted by molar-refractivity contribution is 7.27. The highest BCUT2D eigenvalue weighted by atomic mass is 32.1. The van der Waals surface area contributed by atoms with Gasteiger partial charge >= 0.3 is 0 Å². The van der Waals surface area contributed by atoms with Gasteiger partial charge in [0.1, 0.15) is 0 Å². The van der Waals surface area contributed by atoms with E-state index in [0.29, 0.717) is 16.3 Å². The summed E-state index contributed by atoms with van der Waals surface area (Å²) in [6, 6.07) is 7.75. The lowest BCUT2D eigenvalue weighted by molar-refractivity contribution is 0.103. The molecule has 3 aromatic rings. The van der Waals surface area contributed by atoms with Crippen LogP contribution in [0.25, 0.3) is 9.40 Å². The summed E-state index contributed by atoms with van der Waals surface area (Å²) in [5.41, 5.74) is 9.40. The van der Waals surface area contributed by atoms with Crippen molar-refractivity contribution < 1.29 is 4.79 Å². The molecule has 102 valence electrons. The van der Waals surface area contributed by atoms with Gasteiger partial charge in [-0.1, -0.05) is 6.07 Å². The normalized spacial score (nSPS) is 10.9. The number of nitrogen functional groups attached to an aromatic ring is 1. The molecule has 1 amide bonds. The van der Waals surface area contributed by atoms with E-state index in [-0.39, 0.29) is 5.91 Å². The molecule has 0 spiro atoms. The van der Waals surface area contributed by atoms with E-state index in [1.807, 2.05) is 43.5 Å². The number of nitrogens with one attached hydrogen (secondary N) is 1. The molecule has 0 unspecified atom stereocenters. The van der Waals surface area contributed by atoms with Crippen LogP contribution >= 0.6 is 22.7 Å². The van der Waals surface area contributed by atoms with E-state index in [9.17, 15) is 4.79 Å². The zero-order valence-corrected chi connectivity index (χ0v) is 12.8. The van der Waals surface area contributed by atoms with Gasteiger partial charge in [0.2, 0.25) is 0 Å². The van der Waals surface area contributed by atoms with Crippen molar-refractivity contribution in [1.29, 1.82) is 0 Å². The number of rotatable bonds is 2. The molecule has 3 nitrogen and oxygen atoms in total. The molecule has 20 heavy (non-hydrogen) atoms. The Morgan fingerprint density at radius 3 is 2.75 bits per heavy atom. The minimum absolute atomic E-state index is 0.0983. The summed E-state index contributed by atoms with van der Waals surface area (Å²) in [6.45, 7) is 3.97. The quantitative estimate of drug-likeness (QED) is 0.689. The molecule has 0 aliphatic carbocycles. The van der Waals surface area contributed by atoms with Gasteiger partial charge in [-0.15, -0.1) is 22.7 Å². The van der Waals surface area contributed by atoms with E-state index in [0.717, 1.165) is 20.5 Å². The number of anilines is 2. The summed E-state index contributed by atoms with van der Waals surface area (Å²) >= 11 is 3.15. The van der Waals surface area contributed by atoms with Gasteiger partial charge in [-0.2, -0.15) is 0 Å². The van der Waals surface area contributed by atoms with Crippen LogP contribution in [0.1, 0.15) is 20.8 Å². The van der Waals surface area contributed by atoms with E-state index in [4.69, 9.17) is 5.73 Å². The maximum atomic E-state index is 12.3. The minimum atomic E-state index is -0.0983. The molecule has 3 N–H and O–H groups in total. The molecule has 0 radical (unpaired) electrons. The van der Waals surface area contributed by atoms with E-state index < -0.39 is 0 Å². The number of fused-ring (bicyclic) bond motifs is 1. The average molecular weight is 302 g/mol. The first-order chi connectivity index (χ1) is 9.56. The molecule has 0 saturated carbocycles. The minimum Gasteiger partial charge on any atom is -0.397 e. The fourth-order valence-corrected chi connectivity index (χ4v) is 4.06. The number of nitrogens with two attached hydrogens (primary N) is 1. The molecular weight excluding hydrogens is 288 g/mol. The molecule has 0 bridgehead atoms. The zero-order valence-electron chi connectivity index (χ0n) is 11.2. The Balaban J connectivity index is 1.93. The Kier molecular flexibility index (Phi) is 3.23. The van der Waals surface area contributed by atoms with Crippen LogP contribution in [0, 0.1) is 13.8 Å². The van der Waals surface area contributed by atoms with Crippen molar-refractivity contribution >= 4 is 49.4 Å². The Labute approximate surface area is 125 Å². The van der Waals surface area contributed by atoms with E-state index in [1.54, 1.807) is 11.3 Å². The van der Waals surface area contributed by atoms with Crippen LogP contribution in [-0.4, -0.2) is 5.91 Å². The fourth-order valence-electron chi connectivity index (χ4n) is 2.06. The molecule has 0 aliphatic heterocycles. The second-order valence-electron chi connectivity index (χ2n) is 4.69. The van der Waals surface area contributed by atoms with Gasteiger partial charge in [0.15, 0.2) is 0 Å². The third kappa shape index (κ3) is 2.19. The highest BCUT2D eigenvalue weighted by Crippen LogP contribution is 2.32. The number of aryl methyl sites for hydroxylation is 1. The zero-order chi connectivity index (χ0) is 14.3. The van der Waals surface area contributed by atoms with Gasteiger partial charge in [0.25, 0.3) is 5.91 Å². The molecule has 0 fully saturated rings. The van der Waals surface area contributed by atoms with E-state index in [2.05, 4.69) is 5.32 Å². The number of hydrogen-bond donors (Lipinski definition) is 2. The maximum absolute atomic E-state index is 12.3. The SMILES string of the molecule is Cc1ccc(N)c(NC(=O)c2cc3sccc3s2)c1C. The van der Waals surface area contributed by atoms with E-state index >= 15 is 0 Å². The van der Waals surface area contributed by atoms with Crippen molar-refractivity contribution in [3.63, 3.8) is 0 Å². The van der Waals surface area contributed by atoms with Crippen molar-refractivity contribution in [3.8, 4) is 0 Å². The van der Waals surface area contributed by atoms with Gasteiger partial charge in [-0.25, -0.2) is 0 Å². The first-order valence-electron chi connectivity index (χ1n) is 6.20. The van der Waals surface area contributed by atoms with E-state index in [1.165, 1.54) is 11.3 Å². The summed E-state index contributed by atoms with van der Waals surface area (Å²) in [7, 11) is 0. The van der Waals surface area contributed by atoms with Crippen LogP contribution in [0.2, 0.25) is 0 Å². The monoisotopic (exact) mass is 302 g/mol. The highest BCUT2D eigenvalue weighted by Gasteiger charge is 2.14. The van der Waals surface area contributed by atoms with Crippen molar-refractivity contribution in [2.45, 2.75) is 13.8 Å². The molecule has 2 aromatic heterocycles. The Hall–Kier alpha value is -1.85. The predicted molar refractivity (Wildman–Crippen MR) is 88.0 cm³/mol. The summed E-state index contributed by atoms with van der Waals surface area (Å²) in [4.78, 5) is 13.1. The first kappa shape index (κ1) is 13.1. The van der Waals surface area contributed by atoms with Crippen LogP contribution in [0.3, 0.4) is 0 Å². The third-order valence-corrected chi connectivity index (χ3v) is 5.46. The summed E-state index contributed by atoms with van der Waals surface area (Å²) in [6.07, 6.45) is 0. The second-order valence-corrected chi connectivity index (χ2v) is 6.72. The van der Waals surface area contributed by atoms with Gasteiger partial charge < -0.3 is 11.1 Å². The van der Waals surface area contributed by atoms with Crippen LogP contribution in [0.5, 0.6) is 0 Å². The van der Waals surface area contributed by atoms with Crippen molar-refractivity contribution in [1.82, 2.24) is 0 Å². The standard InChI is InChI=1S/C15H14N2OS2/c1-8-3-4-10(16)14(9(8)2)17-15(18)13-7-12-11(20-13)5-6-19-12/h3-7H,16H2,1-2H3,(H,17,18). The lowest BCUT2D eigenvalue weighted by Gasteiger charge is -2.12. The smallest absolute Gasteiger partial charge is 0.265 e. The summed E-state index contributed by atoms with van der Waals surface area (Å²) < 4.78 is 2.29. The van der Waals surface area contributed by atoms with Gasteiger partial charge in [0, 0.05) is 9.40 Å². The number of benzene rings is 1. The van der Waals surface area contributed by atoms with Gasteiger partial charge in [-0.05, 0) is 48.6 Å². The van der Waals surface area contributed by atoms with Crippen molar-refractivity contribution in [2.75, 3.05) is 11.1 Å². The fraction of sp³-hybridized carbons (Fsp3) is 0.133. The Morgan fingerprint density at radius 2 is 2.00 bits per heavy atom. The second kappa shape index (κ2) is 4.92. The Morgan fingerprint density at radius 1 is 1.20 bits per heavy atom. The molecular formula is C15H14N2OS2. The lowest BCUT2D eigenvalue weighted by atomic mass is 10.1. The third-order valence-electron chi connectivity index (χ3n) is 3.37. The number of amides is 1. The number of thiophene rings is 2. The largest absolute Gasteiger partial charge is 0.397 e. The topological polar surface area (TPSA) is 55.1 Å². The van der Waals surface area contributed by atoms with Crippen LogP contribution in [-0.2, 0) is 0 Å². The number of carbonyl (C=O) groups excluding carboxylic acids is 1. The molecule has 1 aromatic carbocycles. The van der Waals surface area contributed by atoms with Crippen LogP contribution in [0.15, 0.2) is 29.6 Å². The van der Waals surface area contributed by atoms with Crippen molar-refractivity contribution in [2.24, 2.45) is 0 Å². The van der Waals surface area contributed by atoms with Gasteiger partial charge in [-0.3, -0.25) is 4.79 Å². The first-order valence-corrected chi connectivity index (χ1v) is 7.90. The molecule has 5 heteroatoms. The van der Waals surface area contributed by atoms with Gasteiger partial charge in [0.05, 0.1) is 16.3 Å². The molecule has 0 aliphatic rings. The summed E-state index contributed by atoms with van der Waals surface area (Å²) in [5.74, 6) is -0.0983. The lowest BCUT2D eigenvalue weighted by Crippen LogP contribution is -2.13. The number of carbonyl (C=O) groups is 1. The average Bonchev–Trinajstić information content (AvgIpc) is 3.00. The molecule has 3 rings (SSSR count). The van der Waals surface area contributed by atoms with Crippen molar-refractivity contribution in [3.05, 3.63) is 45.6 Å².